The van der Waals surface area contributed by atoms with Gasteiger partial charge in [-0.2, -0.15) is 8.42 Å². The van der Waals surface area contributed by atoms with Crippen LogP contribution in [0.3, 0.4) is 0 Å². The SMILES string of the molecule is O=S(=O)(O)CCNCCI. The molecule has 0 heterocycles. The lowest BCUT2D eigenvalue weighted by Gasteiger charge is -1.98. The van der Waals surface area contributed by atoms with Crippen molar-refractivity contribution in [1.29, 1.82) is 0 Å². The van der Waals surface area contributed by atoms with Crippen LogP contribution in [-0.4, -0.2) is 36.2 Å². The van der Waals surface area contributed by atoms with E-state index in [-0.39, 0.29) is 5.75 Å². The molecule has 0 saturated heterocycles. The first-order valence-electron chi connectivity index (χ1n) is 2.78. The maximum Gasteiger partial charge on any atom is 0.266 e. The molecule has 0 aromatic heterocycles. The van der Waals surface area contributed by atoms with Crippen LogP contribution in [0, 0.1) is 0 Å². The van der Waals surface area contributed by atoms with Crippen molar-refractivity contribution in [2.24, 2.45) is 0 Å². The van der Waals surface area contributed by atoms with E-state index in [1.807, 2.05) is 0 Å². The molecule has 0 rings (SSSR count). The minimum atomic E-state index is -3.77. The van der Waals surface area contributed by atoms with Crippen molar-refractivity contribution in [3.05, 3.63) is 0 Å². The molecule has 0 aliphatic rings. The topological polar surface area (TPSA) is 66.4 Å². The molecule has 0 saturated carbocycles. The van der Waals surface area contributed by atoms with Crippen LogP contribution in [0.25, 0.3) is 0 Å². The second kappa shape index (κ2) is 5.28. The monoisotopic (exact) mass is 279 g/mol. The van der Waals surface area contributed by atoms with Gasteiger partial charge in [0.05, 0.1) is 5.75 Å². The Kier molecular flexibility index (Phi) is 5.59. The Bertz CT molecular complexity index is 167. The predicted molar refractivity (Wildman–Crippen MR) is 48.2 cm³/mol. The Morgan fingerprint density at radius 2 is 2.00 bits per heavy atom. The van der Waals surface area contributed by atoms with Gasteiger partial charge in [-0.15, -0.1) is 0 Å². The Balaban J connectivity index is 3.21. The molecule has 0 amide bonds. The number of nitrogens with one attached hydrogen (secondary N) is 1. The van der Waals surface area contributed by atoms with Gasteiger partial charge in [0.2, 0.25) is 0 Å². The average molecular weight is 279 g/mol. The van der Waals surface area contributed by atoms with Gasteiger partial charge in [-0.25, -0.2) is 0 Å². The fourth-order valence-corrected chi connectivity index (χ4v) is 1.18. The zero-order chi connectivity index (χ0) is 8.04. The summed E-state index contributed by atoms with van der Waals surface area (Å²) < 4.78 is 29.4. The average Bonchev–Trinajstić information content (AvgIpc) is 1.78. The standard InChI is InChI=1S/C4H10INO3S/c5-1-2-6-3-4-10(7,8)9/h6H,1-4H2,(H,7,8,9). The van der Waals surface area contributed by atoms with Crippen molar-refractivity contribution >= 4 is 32.7 Å². The van der Waals surface area contributed by atoms with E-state index in [1.165, 1.54) is 0 Å². The third kappa shape index (κ3) is 8.60. The molecule has 6 heteroatoms. The van der Waals surface area contributed by atoms with Crippen molar-refractivity contribution in [3.8, 4) is 0 Å². The van der Waals surface area contributed by atoms with E-state index < -0.39 is 10.1 Å². The Labute approximate surface area is 74.3 Å². The highest BCUT2D eigenvalue weighted by molar-refractivity contribution is 14.1. The van der Waals surface area contributed by atoms with Crippen molar-refractivity contribution in [2.45, 2.75) is 0 Å². The summed E-state index contributed by atoms with van der Waals surface area (Å²) in [6.07, 6.45) is 0. The van der Waals surface area contributed by atoms with E-state index in [2.05, 4.69) is 27.9 Å². The number of rotatable bonds is 5. The van der Waals surface area contributed by atoms with Gasteiger partial charge in [0.15, 0.2) is 0 Å². The first kappa shape index (κ1) is 10.6. The zero-order valence-electron chi connectivity index (χ0n) is 5.38. The maximum atomic E-state index is 10.1. The molecule has 0 aromatic rings. The van der Waals surface area contributed by atoms with Crippen LogP contribution in [0.2, 0.25) is 0 Å². The molecule has 4 nitrogen and oxygen atoms in total. The summed E-state index contributed by atoms with van der Waals surface area (Å²) in [5.41, 5.74) is 0. The van der Waals surface area contributed by atoms with Gasteiger partial charge in [0.25, 0.3) is 10.1 Å². The quantitative estimate of drug-likeness (QED) is 0.319. The van der Waals surface area contributed by atoms with Gasteiger partial charge in [0, 0.05) is 17.5 Å². The van der Waals surface area contributed by atoms with Crippen LogP contribution in [0.5, 0.6) is 0 Å². The van der Waals surface area contributed by atoms with E-state index in [0.717, 1.165) is 11.0 Å². The molecule has 0 aliphatic heterocycles. The molecule has 0 spiro atoms. The fraction of sp³-hybridized carbons (Fsp3) is 1.00. The van der Waals surface area contributed by atoms with Crippen LogP contribution in [0.15, 0.2) is 0 Å². The number of alkyl halides is 1. The second-order valence-corrected chi connectivity index (χ2v) is 4.38. The molecular weight excluding hydrogens is 269 g/mol. The van der Waals surface area contributed by atoms with Crippen molar-refractivity contribution < 1.29 is 13.0 Å². The van der Waals surface area contributed by atoms with Crippen LogP contribution in [-0.2, 0) is 10.1 Å². The van der Waals surface area contributed by atoms with E-state index in [9.17, 15) is 8.42 Å². The van der Waals surface area contributed by atoms with E-state index >= 15 is 0 Å². The molecule has 0 atom stereocenters. The van der Waals surface area contributed by atoms with Crippen molar-refractivity contribution in [3.63, 3.8) is 0 Å². The Hall–Kier alpha value is 0.600. The highest BCUT2D eigenvalue weighted by Crippen LogP contribution is 1.80. The molecular formula is C4H10INO3S. The van der Waals surface area contributed by atoms with E-state index in [4.69, 9.17) is 4.55 Å². The molecule has 0 fully saturated rings. The molecule has 0 radical (unpaired) electrons. The molecule has 62 valence electrons. The lowest BCUT2D eigenvalue weighted by Crippen LogP contribution is -2.24. The maximum absolute atomic E-state index is 10.1. The predicted octanol–water partition coefficient (Wildman–Crippen LogP) is -0.101. The lowest BCUT2D eigenvalue weighted by atomic mass is 10.7. The molecule has 0 bridgehead atoms. The largest absolute Gasteiger partial charge is 0.315 e. The summed E-state index contributed by atoms with van der Waals surface area (Å²) in [6.45, 7) is 1.10. The second-order valence-electron chi connectivity index (χ2n) is 1.73. The number of hydrogen-bond donors (Lipinski definition) is 2. The highest BCUT2D eigenvalue weighted by Gasteiger charge is 2.01. The Morgan fingerprint density at radius 1 is 1.40 bits per heavy atom. The smallest absolute Gasteiger partial charge is 0.266 e. The molecule has 10 heavy (non-hydrogen) atoms. The normalized spacial score (nSPS) is 11.8. The summed E-state index contributed by atoms with van der Waals surface area (Å²) in [5, 5.41) is 2.84. The third-order valence-electron chi connectivity index (χ3n) is 0.808. The van der Waals surface area contributed by atoms with Crippen LogP contribution in [0.1, 0.15) is 0 Å². The lowest BCUT2D eigenvalue weighted by molar-refractivity contribution is 0.481. The summed E-state index contributed by atoms with van der Waals surface area (Å²) >= 11 is 2.17. The minimum absolute atomic E-state index is 0.205. The van der Waals surface area contributed by atoms with Crippen LogP contribution < -0.4 is 5.32 Å². The first-order valence-corrected chi connectivity index (χ1v) is 5.91. The summed E-state index contributed by atoms with van der Waals surface area (Å²) in [5.74, 6) is -0.205. The highest BCUT2D eigenvalue weighted by atomic mass is 127. The third-order valence-corrected chi connectivity index (χ3v) is 2.07. The van der Waals surface area contributed by atoms with E-state index in [0.29, 0.717) is 6.54 Å². The molecule has 0 unspecified atom stereocenters. The van der Waals surface area contributed by atoms with Gasteiger partial charge in [-0.3, -0.25) is 4.55 Å². The minimum Gasteiger partial charge on any atom is -0.315 e. The molecule has 0 aliphatic carbocycles. The summed E-state index contributed by atoms with van der Waals surface area (Å²) in [6, 6.07) is 0. The number of hydrogen-bond acceptors (Lipinski definition) is 3. The van der Waals surface area contributed by atoms with Gasteiger partial charge in [-0.05, 0) is 0 Å². The van der Waals surface area contributed by atoms with Crippen molar-refractivity contribution in [1.82, 2.24) is 5.32 Å². The van der Waals surface area contributed by atoms with Gasteiger partial charge < -0.3 is 5.32 Å². The zero-order valence-corrected chi connectivity index (χ0v) is 8.35. The fourth-order valence-electron chi connectivity index (χ4n) is 0.393. The summed E-state index contributed by atoms with van der Waals surface area (Å²) in [7, 11) is -3.77. The van der Waals surface area contributed by atoms with Gasteiger partial charge in [-0.1, -0.05) is 22.6 Å². The van der Waals surface area contributed by atoms with E-state index in [1.54, 1.807) is 0 Å². The van der Waals surface area contributed by atoms with Crippen molar-refractivity contribution in [2.75, 3.05) is 23.3 Å². The number of halogens is 1. The van der Waals surface area contributed by atoms with Gasteiger partial charge >= 0.3 is 0 Å². The Morgan fingerprint density at radius 3 is 2.40 bits per heavy atom. The molecule has 2 N–H and O–H groups in total. The molecule has 0 aromatic carbocycles. The summed E-state index contributed by atoms with van der Waals surface area (Å²) in [4.78, 5) is 0. The van der Waals surface area contributed by atoms with Crippen LogP contribution >= 0.6 is 22.6 Å². The first-order chi connectivity index (χ1) is 4.56. The van der Waals surface area contributed by atoms with Crippen LogP contribution in [0.4, 0.5) is 0 Å². The van der Waals surface area contributed by atoms with Gasteiger partial charge in [0.1, 0.15) is 0 Å².